The number of non-ortho nitro benzene ring substituents is 1. The van der Waals surface area contributed by atoms with E-state index in [-0.39, 0.29) is 22.2 Å². The van der Waals surface area contributed by atoms with Crippen LogP contribution in [0.4, 0.5) is 17.1 Å². The molecule has 0 saturated carbocycles. The second-order valence-corrected chi connectivity index (χ2v) is 9.25. The van der Waals surface area contributed by atoms with Gasteiger partial charge in [0.15, 0.2) is 0 Å². The summed E-state index contributed by atoms with van der Waals surface area (Å²) < 4.78 is 27.6. The number of sulfonamides is 1. The zero-order chi connectivity index (χ0) is 23.3. The molecule has 32 heavy (non-hydrogen) atoms. The topological polar surface area (TPSA) is 110 Å². The molecule has 0 bridgehead atoms. The Balaban J connectivity index is 1.96. The molecule has 0 aliphatic carbocycles. The number of benzene rings is 3. The Morgan fingerprint density at radius 2 is 1.56 bits per heavy atom. The molecule has 0 spiro atoms. The second kappa shape index (κ2) is 9.61. The summed E-state index contributed by atoms with van der Waals surface area (Å²) in [4.78, 5) is 23.3. The van der Waals surface area contributed by atoms with E-state index in [2.05, 4.69) is 5.32 Å². The molecule has 166 valence electrons. The Bertz CT molecular complexity index is 1210. The van der Waals surface area contributed by atoms with Crippen molar-refractivity contribution in [3.63, 3.8) is 0 Å². The third-order valence-electron chi connectivity index (χ3n) is 4.82. The number of rotatable bonds is 8. The Morgan fingerprint density at radius 3 is 2.16 bits per heavy atom. The van der Waals surface area contributed by atoms with Crippen LogP contribution in [0.5, 0.6) is 0 Å². The van der Waals surface area contributed by atoms with Crippen molar-refractivity contribution >= 4 is 33.0 Å². The van der Waals surface area contributed by atoms with Gasteiger partial charge in [0.2, 0.25) is 5.91 Å². The Labute approximate surface area is 186 Å². The molecule has 1 N–H and O–H groups in total. The average molecular weight is 454 g/mol. The maximum atomic E-state index is 13.3. The highest BCUT2D eigenvalue weighted by atomic mass is 32.2. The first kappa shape index (κ1) is 23.0. The van der Waals surface area contributed by atoms with E-state index in [1.54, 1.807) is 30.3 Å². The number of hydrogen-bond acceptors (Lipinski definition) is 5. The highest BCUT2D eigenvalue weighted by molar-refractivity contribution is 7.92. The first-order chi connectivity index (χ1) is 15.2. The van der Waals surface area contributed by atoms with Crippen molar-refractivity contribution in [2.75, 3.05) is 16.2 Å². The SMILES string of the molecule is CC(C)c1ccccc1NC(=O)CN(c1ccc([N+](=O)[O-])cc1)S(=O)(=O)c1ccccc1. The quantitative estimate of drug-likeness (QED) is 0.397. The molecule has 3 rings (SSSR count). The third-order valence-corrected chi connectivity index (χ3v) is 6.61. The van der Waals surface area contributed by atoms with Gasteiger partial charge >= 0.3 is 0 Å². The molecule has 0 unspecified atom stereocenters. The zero-order valence-electron chi connectivity index (χ0n) is 17.6. The molecule has 3 aromatic rings. The molecule has 0 aliphatic heterocycles. The zero-order valence-corrected chi connectivity index (χ0v) is 18.5. The van der Waals surface area contributed by atoms with Gasteiger partial charge in [0.05, 0.1) is 15.5 Å². The molecule has 0 atom stereocenters. The van der Waals surface area contributed by atoms with Gasteiger partial charge in [-0.3, -0.25) is 19.2 Å². The van der Waals surface area contributed by atoms with Gasteiger partial charge in [-0.2, -0.15) is 0 Å². The minimum atomic E-state index is -4.10. The Morgan fingerprint density at radius 1 is 0.969 bits per heavy atom. The van der Waals surface area contributed by atoms with Crippen LogP contribution in [0.3, 0.4) is 0 Å². The van der Waals surface area contributed by atoms with Gasteiger partial charge in [-0.25, -0.2) is 8.42 Å². The molecule has 8 nitrogen and oxygen atoms in total. The smallest absolute Gasteiger partial charge is 0.269 e. The summed E-state index contributed by atoms with van der Waals surface area (Å²) in [6, 6.07) is 20.1. The summed E-state index contributed by atoms with van der Waals surface area (Å²) >= 11 is 0. The first-order valence-corrected chi connectivity index (χ1v) is 11.3. The summed E-state index contributed by atoms with van der Waals surface area (Å²) in [6.07, 6.45) is 0. The van der Waals surface area contributed by atoms with Crippen molar-refractivity contribution in [1.29, 1.82) is 0 Å². The predicted molar refractivity (Wildman–Crippen MR) is 123 cm³/mol. The Kier molecular flexibility index (Phi) is 6.89. The van der Waals surface area contributed by atoms with Crippen LogP contribution < -0.4 is 9.62 Å². The van der Waals surface area contributed by atoms with Gasteiger partial charge < -0.3 is 5.32 Å². The van der Waals surface area contributed by atoms with Crippen LogP contribution in [-0.4, -0.2) is 25.8 Å². The third kappa shape index (κ3) is 5.12. The van der Waals surface area contributed by atoms with Crippen LogP contribution in [-0.2, 0) is 14.8 Å². The van der Waals surface area contributed by atoms with Crippen LogP contribution >= 0.6 is 0 Å². The van der Waals surface area contributed by atoms with Crippen LogP contribution in [0.25, 0.3) is 0 Å². The lowest BCUT2D eigenvalue weighted by Crippen LogP contribution is -2.38. The number of nitro benzene ring substituents is 1. The summed E-state index contributed by atoms with van der Waals surface area (Å²) in [5.74, 6) is -0.374. The van der Waals surface area contributed by atoms with E-state index in [1.807, 2.05) is 26.0 Å². The first-order valence-electron chi connectivity index (χ1n) is 9.91. The van der Waals surface area contributed by atoms with E-state index in [9.17, 15) is 23.3 Å². The van der Waals surface area contributed by atoms with E-state index < -0.39 is 27.4 Å². The fourth-order valence-electron chi connectivity index (χ4n) is 3.21. The normalized spacial score (nSPS) is 11.2. The second-order valence-electron chi connectivity index (χ2n) is 7.39. The molecule has 0 saturated heterocycles. The molecule has 9 heteroatoms. The molecule has 1 amide bonds. The minimum absolute atomic E-state index is 0.00809. The lowest BCUT2D eigenvalue weighted by Gasteiger charge is -2.24. The standard InChI is InChI=1S/C23H23N3O5S/c1-17(2)21-10-6-7-11-22(21)24-23(27)16-25(18-12-14-19(15-13-18)26(28)29)32(30,31)20-8-4-3-5-9-20/h3-15,17H,16H2,1-2H3,(H,24,27). The molecular formula is C23H23N3O5S. The van der Waals surface area contributed by atoms with E-state index in [1.165, 1.54) is 36.4 Å². The average Bonchev–Trinajstić information content (AvgIpc) is 2.78. The van der Waals surface area contributed by atoms with Gasteiger partial charge in [-0.15, -0.1) is 0 Å². The number of carbonyl (C=O) groups excluding carboxylic acids is 1. The molecular weight excluding hydrogens is 430 g/mol. The van der Waals surface area contributed by atoms with Gasteiger partial charge in [0.25, 0.3) is 15.7 Å². The number of carbonyl (C=O) groups is 1. The number of nitro groups is 1. The molecule has 0 fully saturated rings. The van der Waals surface area contributed by atoms with E-state index >= 15 is 0 Å². The number of amides is 1. The number of nitrogens with one attached hydrogen (secondary N) is 1. The largest absolute Gasteiger partial charge is 0.324 e. The number of para-hydroxylation sites is 1. The maximum absolute atomic E-state index is 13.3. The van der Waals surface area contributed by atoms with Crippen molar-refractivity contribution < 1.29 is 18.1 Å². The van der Waals surface area contributed by atoms with Gasteiger partial charge in [-0.1, -0.05) is 50.2 Å². The molecule has 0 aromatic heterocycles. The summed E-state index contributed by atoms with van der Waals surface area (Å²) in [5.41, 5.74) is 1.50. The van der Waals surface area contributed by atoms with Crippen LogP contribution in [0.1, 0.15) is 25.3 Å². The molecule has 0 aliphatic rings. The summed E-state index contributed by atoms with van der Waals surface area (Å²) in [5, 5.41) is 13.8. The van der Waals surface area contributed by atoms with Crippen LogP contribution in [0.15, 0.2) is 83.8 Å². The highest BCUT2D eigenvalue weighted by Gasteiger charge is 2.28. The fraction of sp³-hybridized carbons (Fsp3) is 0.174. The number of anilines is 2. The van der Waals surface area contributed by atoms with Crippen LogP contribution in [0.2, 0.25) is 0 Å². The van der Waals surface area contributed by atoms with Crippen molar-refractivity contribution in [3.8, 4) is 0 Å². The minimum Gasteiger partial charge on any atom is -0.324 e. The van der Waals surface area contributed by atoms with Crippen molar-refractivity contribution in [2.45, 2.75) is 24.7 Å². The molecule has 0 radical (unpaired) electrons. The molecule has 3 aromatic carbocycles. The van der Waals surface area contributed by atoms with Gasteiger partial charge in [-0.05, 0) is 41.8 Å². The van der Waals surface area contributed by atoms with Crippen LogP contribution in [0, 0.1) is 10.1 Å². The van der Waals surface area contributed by atoms with Crippen molar-refractivity contribution in [1.82, 2.24) is 0 Å². The van der Waals surface area contributed by atoms with E-state index in [0.29, 0.717) is 5.69 Å². The highest BCUT2D eigenvalue weighted by Crippen LogP contribution is 2.27. The predicted octanol–water partition coefficient (Wildman–Crippen LogP) is 4.55. The van der Waals surface area contributed by atoms with Gasteiger partial charge in [0, 0.05) is 17.8 Å². The Hall–Kier alpha value is -3.72. The van der Waals surface area contributed by atoms with E-state index in [0.717, 1.165) is 9.87 Å². The van der Waals surface area contributed by atoms with Crippen molar-refractivity contribution in [2.24, 2.45) is 0 Å². The monoisotopic (exact) mass is 453 g/mol. The fourth-order valence-corrected chi connectivity index (χ4v) is 4.65. The van der Waals surface area contributed by atoms with E-state index in [4.69, 9.17) is 0 Å². The van der Waals surface area contributed by atoms with Gasteiger partial charge in [0.1, 0.15) is 6.54 Å². The summed E-state index contributed by atoms with van der Waals surface area (Å²) in [6.45, 7) is 3.49. The number of nitrogens with zero attached hydrogens (tertiary/aromatic N) is 2. The number of hydrogen-bond donors (Lipinski definition) is 1. The lowest BCUT2D eigenvalue weighted by molar-refractivity contribution is -0.384. The maximum Gasteiger partial charge on any atom is 0.269 e. The molecule has 0 heterocycles. The lowest BCUT2D eigenvalue weighted by atomic mass is 10.0. The van der Waals surface area contributed by atoms with Crippen molar-refractivity contribution in [3.05, 3.63) is 94.5 Å². The summed E-state index contributed by atoms with van der Waals surface area (Å²) in [7, 11) is -4.10.